The van der Waals surface area contributed by atoms with Gasteiger partial charge in [-0.1, -0.05) is 30.3 Å². The predicted molar refractivity (Wildman–Crippen MR) is 126 cm³/mol. The molecule has 0 spiro atoms. The Hall–Kier alpha value is -3.22. The minimum Gasteiger partial charge on any atom is -0.494 e. The lowest BCUT2D eigenvalue weighted by Crippen LogP contribution is -2.52. The number of nitrogens with one attached hydrogen (secondary N) is 1. The number of ether oxygens (including phenoxy) is 1. The van der Waals surface area contributed by atoms with Crippen LogP contribution in [0.15, 0.2) is 59.6 Å². The summed E-state index contributed by atoms with van der Waals surface area (Å²) < 4.78 is 5.49. The Labute approximate surface area is 185 Å². The van der Waals surface area contributed by atoms with E-state index in [4.69, 9.17) is 4.74 Å². The van der Waals surface area contributed by atoms with Gasteiger partial charge in [-0.15, -0.1) is 0 Å². The number of para-hydroxylation sites is 1. The monoisotopic (exact) mass is 423 g/mol. The van der Waals surface area contributed by atoms with Crippen LogP contribution in [-0.4, -0.2) is 75.1 Å². The van der Waals surface area contributed by atoms with Crippen molar-refractivity contribution >= 4 is 17.6 Å². The molecule has 2 aromatic carbocycles. The van der Waals surface area contributed by atoms with Crippen LogP contribution in [0.3, 0.4) is 0 Å². The molecule has 1 saturated heterocycles. The lowest BCUT2D eigenvalue weighted by molar-refractivity contribution is -0.130. The molecule has 1 heterocycles. The SMILES string of the molecule is CCOc1ccc(CN(C)C(=NC)NCC(=O)N2CCN(c3ccccc3)CC2)cc1. The molecular formula is C24H33N5O2. The van der Waals surface area contributed by atoms with Gasteiger partial charge in [0.15, 0.2) is 5.96 Å². The maximum Gasteiger partial charge on any atom is 0.242 e. The Kier molecular flexibility index (Phi) is 8.15. The minimum absolute atomic E-state index is 0.100. The summed E-state index contributed by atoms with van der Waals surface area (Å²) in [5.74, 6) is 1.67. The molecule has 166 valence electrons. The molecule has 2 aromatic rings. The van der Waals surface area contributed by atoms with Crippen molar-refractivity contribution in [1.82, 2.24) is 15.1 Å². The largest absolute Gasteiger partial charge is 0.494 e. The van der Waals surface area contributed by atoms with Crippen LogP contribution in [0.1, 0.15) is 12.5 Å². The highest BCUT2D eigenvalue weighted by Gasteiger charge is 2.21. The number of hydrogen-bond donors (Lipinski definition) is 1. The second-order valence-electron chi connectivity index (χ2n) is 7.54. The van der Waals surface area contributed by atoms with Crippen molar-refractivity contribution in [3.63, 3.8) is 0 Å². The molecule has 31 heavy (non-hydrogen) atoms. The van der Waals surface area contributed by atoms with Gasteiger partial charge in [-0.05, 0) is 36.8 Å². The number of carbonyl (C=O) groups excluding carboxylic acids is 1. The Morgan fingerprint density at radius 2 is 1.74 bits per heavy atom. The summed E-state index contributed by atoms with van der Waals surface area (Å²) in [5, 5.41) is 3.21. The van der Waals surface area contributed by atoms with Crippen LogP contribution in [0.4, 0.5) is 5.69 Å². The van der Waals surface area contributed by atoms with Crippen LogP contribution in [0.5, 0.6) is 5.75 Å². The fraction of sp³-hybridized carbons (Fsp3) is 0.417. The van der Waals surface area contributed by atoms with Crippen LogP contribution >= 0.6 is 0 Å². The fourth-order valence-electron chi connectivity index (χ4n) is 3.71. The van der Waals surface area contributed by atoms with Crippen molar-refractivity contribution in [2.45, 2.75) is 13.5 Å². The van der Waals surface area contributed by atoms with E-state index >= 15 is 0 Å². The maximum atomic E-state index is 12.7. The smallest absolute Gasteiger partial charge is 0.242 e. The van der Waals surface area contributed by atoms with E-state index in [2.05, 4.69) is 27.3 Å². The molecule has 0 atom stereocenters. The summed E-state index contributed by atoms with van der Waals surface area (Å²) in [5.41, 5.74) is 2.36. The van der Waals surface area contributed by atoms with E-state index < -0.39 is 0 Å². The van der Waals surface area contributed by atoms with E-state index in [1.807, 2.05) is 66.2 Å². The van der Waals surface area contributed by atoms with E-state index in [0.717, 1.165) is 37.5 Å². The second kappa shape index (κ2) is 11.2. The highest BCUT2D eigenvalue weighted by molar-refractivity contribution is 5.86. The average Bonchev–Trinajstić information content (AvgIpc) is 2.81. The summed E-state index contributed by atoms with van der Waals surface area (Å²) in [4.78, 5) is 23.3. The van der Waals surface area contributed by atoms with E-state index in [0.29, 0.717) is 19.1 Å². The third kappa shape index (κ3) is 6.38. The van der Waals surface area contributed by atoms with Gasteiger partial charge in [0.2, 0.25) is 5.91 Å². The first-order valence-electron chi connectivity index (χ1n) is 10.8. The zero-order valence-corrected chi connectivity index (χ0v) is 18.8. The number of rotatable bonds is 7. The second-order valence-corrected chi connectivity index (χ2v) is 7.54. The molecule has 1 aliphatic rings. The van der Waals surface area contributed by atoms with Crippen molar-refractivity contribution in [1.29, 1.82) is 0 Å². The zero-order chi connectivity index (χ0) is 22.1. The molecule has 1 amide bonds. The van der Waals surface area contributed by atoms with Crippen LogP contribution in [-0.2, 0) is 11.3 Å². The predicted octanol–water partition coefficient (Wildman–Crippen LogP) is 2.44. The molecule has 0 unspecified atom stereocenters. The van der Waals surface area contributed by atoms with Crippen LogP contribution in [0, 0.1) is 0 Å². The lowest BCUT2D eigenvalue weighted by atomic mass is 10.2. The first-order chi connectivity index (χ1) is 15.1. The summed E-state index contributed by atoms with van der Waals surface area (Å²) in [7, 11) is 3.70. The van der Waals surface area contributed by atoms with Gasteiger partial charge in [0.25, 0.3) is 0 Å². The fourth-order valence-corrected chi connectivity index (χ4v) is 3.71. The van der Waals surface area contributed by atoms with Gasteiger partial charge >= 0.3 is 0 Å². The van der Waals surface area contributed by atoms with Crippen molar-refractivity contribution in [3.8, 4) is 5.75 Å². The van der Waals surface area contributed by atoms with Crippen molar-refractivity contribution < 1.29 is 9.53 Å². The van der Waals surface area contributed by atoms with Gasteiger partial charge in [-0.2, -0.15) is 0 Å². The molecule has 1 fully saturated rings. The quantitative estimate of drug-likeness (QED) is 0.548. The van der Waals surface area contributed by atoms with Crippen LogP contribution in [0.2, 0.25) is 0 Å². The molecule has 7 heteroatoms. The van der Waals surface area contributed by atoms with Gasteiger partial charge < -0.3 is 24.8 Å². The standard InChI is InChI=1S/C24H33N5O2/c1-4-31-22-12-10-20(11-13-22)19-27(3)24(25-2)26-18-23(30)29-16-14-28(15-17-29)21-8-6-5-7-9-21/h5-13H,4,14-19H2,1-3H3,(H,25,26). The molecule has 0 aliphatic carbocycles. The average molecular weight is 424 g/mol. The molecule has 7 nitrogen and oxygen atoms in total. The molecule has 0 aromatic heterocycles. The number of guanidine groups is 1. The van der Waals surface area contributed by atoms with Crippen LogP contribution in [0.25, 0.3) is 0 Å². The Bertz CT molecular complexity index is 846. The van der Waals surface area contributed by atoms with Gasteiger partial charge in [0.1, 0.15) is 5.75 Å². The van der Waals surface area contributed by atoms with Crippen molar-refractivity contribution in [2.24, 2.45) is 4.99 Å². The van der Waals surface area contributed by atoms with Gasteiger partial charge in [0, 0.05) is 52.5 Å². The number of nitrogens with zero attached hydrogens (tertiary/aromatic N) is 4. The summed E-state index contributed by atoms with van der Waals surface area (Å²) in [6.07, 6.45) is 0. The van der Waals surface area contributed by atoms with Gasteiger partial charge in [0.05, 0.1) is 13.2 Å². The van der Waals surface area contributed by atoms with E-state index in [9.17, 15) is 4.79 Å². The Morgan fingerprint density at radius 3 is 2.35 bits per heavy atom. The number of benzene rings is 2. The van der Waals surface area contributed by atoms with Gasteiger partial charge in [-0.3, -0.25) is 9.79 Å². The highest BCUT2D eigenvalue weighted by Crippen LogP contribution is 2.16. The summed E-state index contributed by atoms with van der Waals surface area (Å²) >= 11 is 0. The number of hydrogen-bond acceptors (Lipinski definition) is 4. The van der Waals surface area contributed by atoms with E-state index in [1.165, 1.54) is 5.69 Å². The summed E-state index contributed by atoms with van der Waals surface area (Å²) in [6.45, 7) is 6.73. The number of piperazine rings is 1. The number of anilines is 1. The molecule has 1 aliphatic heterocycles. The van der Waals surface area contributed by atoms with Crippen molar-refractivity contribution in [2.75, 3.05) is 58.3 Å². The normalized spacial score (nSPS) is 14.4. The van der Waals surface area contributed by atoms with E-state index in [-0.39, 0.29) is 12.5 Å². The first-order valence-corrected chi connectivity index (χ1v) is 10.8. The third-order valence-electron chi connectivity index (χ3n) is 5.38. The number of aliphatic imine (C=N–C) groups is 1. The topological polar surface area (TPSA) is 60.4 Å². The van der Waals surface area contributed by atoms with E-state index in [1.54, 1.807) is 7.05 Å². The molecule has 0 radical (unpaired) electrons. The zero-order valence-electron chi connectivity index (χ0n) is 18.8. The molecule has 0 saturated carbocycles. The maximum absolute atomic E-state index is 12.7. The van der Waals surface area contributed by atoms with Crippen molar-refractivity contribution in [3.05, 3.63) is 60.2 Å². The third-order valence-corrected chi connectivity index (χ3v) is 5.38. The number of carbonyl (C=O) groups is 1. The molecule has 0 bridgehead atoms. The Balaban J connectivity index is 1.45. The van der Waals surface area contributed by atoms with Crippen LogP contribution < -0.4 is 15.0 Å². The van der Waals surface area contributed by atoms with Gasteiger partial charge in [-0.25, -0.2) is 0 Å². The minimum atomic E-state index is 0.100. The highest BCUT2D eigenvalue weighted by atomic mass is 16.5. The molecular weight excluding hydrogens is 390 g/mol. The lowest BCUT2D eigenvalue weighted by Gasteiger charge is -2.36. The molecule has 1 N–H and O–H groups in total. The summed E-state index contributed by atoms with van der Waals surface area (Å²) in [6, 6.07) is 18.4. The molecule has 3 rings (SSSR count). The number of amides is 1. The first kappa shape index (κ1) is 22.5. The Morgan fingerprint density at radius 1 is 1.06 bits per heavy atom.